The van der Waals surface area contributed by atoms with Crippen molar-refractivity contribution in [1.29, 1.82) is 0 Å². The molecule has 2 aliphatic rings. The predicted molar refractivity (Wildman–Crippen MR) is 120 cm³/mol. The number of likely N-dealkylation sites (tertiary alicyclic amines) is 1. The number of hydrogen-bond donors (Lipinski definition) is 2. The molecule has 190 valence electrons. The van der Waals surface area contributed by atoms with Crippen LogP contribution in [0.15, 0.2) is 48.2 Å². The molecule has 0 spiro atoms. The molecule has 3 N–H and O–H groups in total. The van der Waals surface area contributed by atoms with Gasteiger partial charge in [-0.3, -0.25) is 14.3 Å². The number of carbonyl (C=O) groups excluding carboxylic acids is 3. The molecule has 0 saturated carbocycles. The highest BCUT2D eigenvalue weighted by Gasteiger charge is 2.47. The first-order chi connectivity index (χ1) is 16.5. The molecule has 3 rings (SSSR count). The molecule has 1 heterocycles. The fourth-order valence-electron chi connectivity index (χ4n) is 4.12. The minimum atomic E-state index is -5.03. The number of amides is 3. The summed E-state index contributed by atoms with van der Waals surface area (Å²) in [6, 6.07) is 7.41. The maximum Gasteiger partial charge on any atom is 0.524 e. The molecule has 0 bridgehead atoms. The van der Waals surface area contributed by atoms with Gasteiger partial charge in [-0.2, -0.15) is 0 Å². The van der Waals surface area contributed by atoms with Crippen LogP contribution in [0.1, 0.15) is 37.7 Å². The molecule has 2 atom stereocenters. The molecule has 1 fully saturated rings. The second-order valence-electron chi connectivity index (χ2n) is 8.10. The number of nitrogens with two attached hydrogens (primary N) is 1. The number of hydrogen-bond acceptors (Lipinski definition) is 5. The Morgan fingerprint density at radius 1 is 1.17 bits per heavy atom. The molecule has 2 unspecified atom stereocenters. The Bertz CT molecular complexity index is 1020. The Balaban J connectivity index is 1.77. The van der Waals surface area contributed by atoms with E-state index in [2.05, 4.69) is 14.8 Å². The highest BCUT2D eigenvalue weighted by atomic mass is 35.5. The second-order valence-corrected chi connectivity index (χ2v) is 8.71. The van der Waals surface area contributed by atoms with Crippen molar-refractivity contribution in [2.75, 3.05) is 13.2 Å². The van der Waals surface area contributed by atoms with Crippen molar-refractivity contribution in [3.63, 3.8) is 0 Å². The number of benzene rings is 1. The van der Waals surface area contributed by atoms with Gasteiger partial charge in [0.1, 0.15) is 12.6 Å². The third kappa shape index (κ3) is 7.22. The summed E-state index contributed by atoms with van der Waals surface area (Å²) in [5.41, 5.74) is 5.54. The molecule has 1 aliphatic heterocycles. The van der Waals surface area contributed by atoms with E-state index in [1.165, 1.54) is 17.1 Å². The van der Waals surface area contributed by atoms with Gasteiger partial charge in [0.2, 0.25) is 11.8 Å². The van der Waals surface area contributed by atoms with E-state index in [1.54, 1.807) is 30.3 Å². The molecule has 8 nitrogen and oxygen atoms in total. The largest absolute Gasteiger partial charge is 0.524 e. The van der Waals surface area contributed by atoms with Crippen molar-refractivity contribution in [2.45, 2.75) is 49.6 Å². The summed E-state index contributed by atoms with van der Waals surface area (Å²) in [7, 11) is 0. The van der Waals surface area contributed by atoms with Crippen molar-refractivity contribution in [3.8, 4) is 0 Å². The van der Waals surface area contributed by atoms with Crippen LogP contribution < -0.4 is 11.1 Å². The molecule has 1 aromatic rings. The predicted octanol–water partition coefficient (Wildman–Crippen LogP) is 3.81. The van der Waals surface area contributed by atoms with Crippen molar-refractivity contribution in [2.24, 2.45) is 5.73 Å². The van der Waals surface area contributed by atoms with Gasteiger partial charge in [-0.25, -0.2) is 4.79 Å². The lowest BCUT2D eigenvalue weighted by Crippen LogP contribution is -2.52. The minimum Gasteiger partial charge on any atom is -0.449 e. The molecule has 0 aromatic heterocycles. The van der Waals surface area contributed by atoms with E-state index in [4.69, 9.17) is 17.3 Å². The number of primary amides is 1. The van der Waals surface area contributed by atoms with Gasteiger partial charge >= 0.3 is 12.5 Å². The molecular formula is C23H25ClF3N3O5. The van der Waals surface area contributed by atoms with Crippen molar-refractivity contribution < 1.29 is 37.0 Å². The van der Waals surface area contributed by atoms with E-state index < -0.39 is 41.8 Å². The van der Waals surface area contributed by atoms with Gasteiger partial charge in [0.15, 0.2) is 5.06 Å². The van der Waals surface area contributed by atoms with Gasteiger partial charge in [0.25, 0.3) is 0 Å². The van der Waals surface area contributed by atoms with Gasteiger partial charge in [-0.05, 0) is 30.9 Å². The maximum absolute atomic E-state index is 13.2. The van der Waals surface area contributed by atoms with Crippen LogP contribution in [-0.4, -0.2) is 53.4 Å². The molecule has 1 aliphatic carbocycles. The summed E-state index contributed by atoms with van der Waals surface area (Å²) in [4.78, 5) is 37.7. The summed E-state index contributed by atoms with van der Waals surface area (Å²) in [5.74, 6) is -0.954. The SMILES string of the molecule is NC(=O)OCCC(=O)N1CCCCC1C(=O)NC1=CC=C(c2ccccc2)C(Cl)(OC(F)(F)F)C1. The Hall–Kier alpha value is -3.05. The van der Waals surface area contributed by atoms with Crippen molar-refractivity contribution >= 4 is 35.1 Å². The lowest BCUT2D eigenvalue weighted by atomic mass is 9.92. The third-order valence-corrected chi connectivity index (χ3v) is 6.02. The molecule has 0 radical (unpaired) electrons. The molecule has 1 aromatic carbocycles. The van der Waals surface area contributed by atoms with E-state index in [1.807, 2.05) is 0 Å². The standard InChI is InChI=1S/C23H25ClF3N3O5/c24-22(35-23(25,26)27)14-16(9-10-17(22)15-6-2-1-3-7-15)29-20(32)18-8-4-5-12-30(18)19(31)11-13-34-21(28)33/h1-3,6-7,9-10,18H,4-5,8,11-14H2,(H2,28,33)(H,29,32). The van der Waals surface area contributed by atoms with E-state index >= 15 is 0 Å². The normalized spacial score (nSPS) is 22.6. The summed E-state index contributed by atoms with van der Waals surface area (Å²) < 4.78 is 48.6. The van der Waals surface area contributed by atoms with Gasteiger partial charge < -0.3 is 20.7 Å². The van der Waals surface area contributed by atoms with Crippen LogP contribution >= 0.6 is 11.6 Å². The molecular weight excluding hydrogens is 491 g/mol. The van der Waals surface area contributed by atoms with Crippen molar-refractivity contribution in [3.05, 3.63) is 53.7 Å². The number of rotatable bonds is 7. The molecule has 1 saturated heterocycles. The average molecular weight is 516 g/mol. The summed E-state index contributed by atoms with van der Waals surface area (Å²) in [6.45, 7) is 0.0992. The first-order valence-electron chi connectivity index (χ1n) is 10.9. The molecule has 12 heteroatoms. The van der Waals surface area contributed by atoms with Crippen LogP contribution in [0.3, 0.4) is 0 Å². The van der Waals surface area contributed by atoms with Crippen LogP contribution in [0.2, 0.25) is 0 Å². The number of piperidine rings is 1. The number of alkyl halides is 4. The number of ether oxygens (including phenoxy) is 2. The minimum absolute atomic E-state index is 0.0963. The molecule has 3 amide bonds. The third-order valence-electron chi connectivity index (χ3n) is 5.60. The van der Waals surface area contributed by atoms with E-state index in [9.17, 15) is 27.6 Å². The monoisotopic (exact) mass is 515 g/mol. The summed E-state index contributed by atoms with van der Waals surface area (Å²) in [6.07, 6.45) is -2.07. The lowest BCUT2D eigenvalue weighted by Gasteiger charge is -2.37. The number of carbonyl (C=O) groups is 3. The lowest BCUT2D eigenvalue weighted by molar-refractivity contribution is -0.342. The highest BCUT2D eigenvalue weighted by Crippen LogP contribution is 2.45. The summed E-state index contributed by atoms with van der Waals surface area (Å²) >= 11 is 6.37. The zero-order valence-electron chi connectivity index (χ0n) is 18.6. The summed E-state index contributed by atoms with van der Waals surface area (Å²) in [5, 5.41) is 0.307. The van der Waals surface area contributed by atoms with Gasteiger partial charge in [-0.15, -0.1) is 13.2 Å². The first-order valence-corrected chi connectivity index (χ1v) is 11.3. The zero-order valence-corrected chi connectivity index (χ0v) is 19.4. The van der Waals surface area contributed by atoms with Crippen LogP contribution in [0, 0.1) is 0 Å². The number of nitrogens with one attached hydrogen (secondary N) is 1. The Morgan fingerprint density at radius 2 is 1.89 bits per heavy atom. The number of halogens is 4. The van der Waals surface area contributed by atoms with Crippen LogP contribution in [0.25, 0.3) is 5.57 Å². The second kappa shape index (κ2) is 11.1. The fourth-order valence-corrected chi connectivity index (χ4v) is 4.53. The van der Waals surface area contributed by atoms with Crippen LogP contribution in [0.4, 0.5) is 18.0 Å². The quantitative estimate of drug-likeness (QED) is 0.536. The van der Waals surface area contributed by atoms with Gasteiger partial charge in [0.05, 0.1) is 6.42 Å². The topological polar surface area (TPSA) is 111 Å². The Labute approximate surface area is 204 Å². The fraction of sp³-hybridized carbons (Fsp3) is 0.435. The van der Waals surface area contributed by atoms with Crippen molar-refractivity contribution in [1.82, 2.24) is 10.2 Å². The Kier molecular flexibility index (Phi) is 8.44. The molecule has 35 heavy (non-hydrogen) atoms. The van der Waals surface area contributed by atoms with Gasteiger partial charge in [0, 0.05) is 24.2 Å². The smallest absolute Gasteiger partial charge is 0.449 e. The maximum atomic E-state index is 13.2. The van der Waals surface area contributed by atoms with E-state index in [0.29, 0.717) is 31.4 Å². The highest BCUT2D eigenvalue weighted by molar-refractivity contribution is 6.29. The Morgan fingerprint density at radius 3 is 2.54 bits per heavy atom. The van der Waals surface area contributed by atoms with Crippen LogP contribution in [-0.2, 0) is 19.1 Å². The first kappa shape index (κ1) is 26.6. The van der Waals surface area contributed by atoms with Gasteiger partial charge in [-0.1, -0.05) is 48.0 Å². The van der Waals surface area contributed by atoms with E-state index in [-0.39, 0.29) is 24.3 Å². The van der Waals surface area contributed by atoms with E-state index in [0.717, 1.165) is 0 Å². The zero-order chi connectivity index (χ0) is 25.6. The average Bonchev–Trinajstić information content (AvgIpc) is 2.78. The number of allylic oxidation sites excluding steroid dienone is 2. The van der Waals surface area contributed by atoms with Crippen LogP contribution in [0.5, 0.6) is 0 Å². The number of nitrogens with zero attached hydrogens (tertiary/aromatic N) is 1.